The first kappa shape index (κ1) is 14.0. The minimum absolute atomic E-state index is 0.182. The molecule has 0 aromatic heterocycles. The van der Waals surface area contributed by atoms with Crippen LogP contribution in [0.25, 0.3) is 0 Å². The van der Waals surface area contributed by atoms with Crippen LogP contribution >= 0.6 is 15.9 Å². The average Bonchev–Trinajstić information content (AvgIpc) is 2.34. The summed E-state index contributed by atoms with van der Waals surface area (Å²) in [6, 6.07) is 10.1. The van der Waals surface area contributed by atoms with Gasteiger partial charge in [-0.3, -0.25) is 0 Å². The molecule has 0 spiro atoms. The topological polar surface area (TPSA) is 35.2 Å². The van der Waals surface area contributed by atoms with Gasteiger partial charge in [-0.05, 0) is 53.5 Å². The standard InChI is InChI=1S/C15H15BrFNO/c1-9-6-7-14(12(16)8-9)19-15-11(10(2)18)4-3-5-13(15)17/h3-8,10H,18H2,1-2H3/t10-/m1/s1. The van der Waals surface area contributed by atoms with E-state index in [4.69, 9.17) is 10.5 Å². The van der Waals surface area contributed by atoms with Crippen LogP contribution < -0.4 is 10.5 Å². The second-order valence-electron chi connectivity index (χ2n) is 4.48. The van der Waals surface area contributed by atoms with Crippen molar-refractivity contribution >= 4 is 15.9 Å². The normalized spacial score (nSPS) is 12.3. The van der Waals surface area contributed by atoms with Crippen LogP contribution in [0, 0.1) is 12.7 Å². The van der Waals surface area contributed by atoms with Gasteiger partial charge in [0.2, 0.25) is 0 Å². The van der Waals surface area contributed by atoms with Crippen molar-refractivity contribution in [3.63, 3.8) is 0 Å². The SMILES string of the molecule is Cc1ccc(Oc2c(F)cccc2[C@@H](C)N)c(Br)c1. The lowest BCUT2D eigenvalue weighted by atomic mass is 10.1. The molecule has 4 heteroatoms. The molecule has 0 heterocycles. The van der Waals surface area contributed by atoms with Crippen molar-refractivity contribution in [2.75, 3.05) is 0 Å². The van der Waals surface area contributed by atoms with Gasteiger partial charge in [0.25, 0.3) is 0 Å². The number of hydrogen-bond donors (Lipinski definition) is 1. The first-order valence-corrected chi connectivity index (χ1v) is 6.76. The van der Waals surface area contributed by atoms with E-state index in [-0.39, 0.29) is 11.8 Å². The zero-order valence-electron chi connectivity index (χ0n) is 10.8. The lowest BCUT2D eigenvalue weighted by Crippen LogP contribution is -2.07. The van der Waals surface area contributed by atoms with Crippen LogP contribution in [0.15, 0.2) is 40.9 Å². The fraction of sp³-hybridized carbons (Fsp3) is 0.200. The van der Waals surface area contributed by atoms with Gasteiger partial charge in [-0.2, -0.15) is 0 Å². The molecule has 0 saturated carbocycles. The van der Waals surface area contributed by atoms with Crippen molar-refractivity contribution < 1.29 is 9.13 Å². The summed E-state index contributed by atoms with van der Waals surface area (Å²) in [5.74, 6) is 0.335. The fourth-order valence-corrected chi connectivity index (χ4v) is 2.36. The Kier molecular flexibility index (Phi) is 4.22. The van der Waals surface area contributed by atoms with Crippen molar-refractivity contribution in [1.29, 1.82) is 0 Å². The van der Waals surface area contributed by atoms with Gasteiger partial charge in [0, 0.05) is 11.6 Å². The highest BCUT2D eigenvalue weighted by atomic mass is 79.9. The molecule has 0 bridgehead atoms. The van der Waals surface area contributed by atoms with Gasteiger partial charge in [0.1, 0.15) is 5.75 Å². The van der Waals surface area contributed by atoms with Gasteiger partial charge in [-0.15, -0.1) is 0 Å². The van der Waals surface area contributed by atoms with E-state index in [0.717, 1.165) is 10.0 Å². The Balaban J connectivity index is 2.43. The lowest BCUT2D eigenvalue weighted by Gasteiger charge is -2.15. The van der Waals surface area contributed by atoms with Gasteiger partial charge in [-0.25, -0.2) is 4.39 Å². The van der Waals surface area contributed by atoms with Crippen molar-refractivity contribution in [3.05, 3.63) is 57.8 Å². The van der Waals surface area contributed by atoms with E-state index in [1.165, 1.54) is 6.07 Å². The molecule has 2 N–H and O–H groups in total. The maximum atomic E-state index is 13.9. The molecule has 2 rings (SSSR count). The largest absolute Gasteiger partial charge is 0.453 e. The minimum Gasteiger partial charge on any atom is -0.453 e. The van der Waals surface area contributed by atoms with Crippen LogP contribution in [0.2, 0.25) is 0 Å². The summed E-state index contributed by atoms with van der Waals surface area (Å²) in [6.45, 7) is 3.77. The molecule has 0 fully saturated rings. The molecule has 0 unspecified atom stereocenters. The smallest absolute Gasteiger partial charge is 0.167 e. The maximum Gasteiger partial charge on any atom is 0.167 e. The van der Waals surface area contributed by atoms with E-state index in [2.05, 4.69) is 15.9 Å². The Labute approximate surface area is 120 Å². The van der Waals surface area contributed by atoms with Crippen LogP contribution in [0.5, 0.6) is 11.5 Å². The van der Waals surface area contributed by atoms with Crippen molar-refractivity contribution in [2.24, 2.45) is 5.73 Å². The second kappa shape index (κ2) is 5.72. The van der Waals surface area contributed by atoms with Gasteiger partial charge >= 0.3 is 0 Å². The van der Waals surface area contributed by atoms with E-state index in [9.17, 15) is 4.39 Å². The van der Waals surface area contributed by atoms with Gasteiger partial charge < -0.3 is 10.5 Å². The van der Waals surface area contributed by atoms with Crippen LogP contribution in [-0.4, -0.2) is 0 Å². The third-order valence-electron chi connectivity index (χ3n) is 2.79. The van der Waals surface area contributed by atoms with Crippen LogP contribution in [-0.2, 0) is 0 Å². The minimum atomic E-state index is -0.415. The Morgan fingerprint density at radius 2 is 2.00 bits per heavy atom. The highest BCUT2D eigenvalue weighted by Crippen LogP contribution is 2.35. The first-order chi connectivity index (χ1) is 8.99. The zero-order valence-corrected chi connectivity index (χ0v) is 12.4. The number of nitrogens with two attached hydrogens (primary N) is 1. The predicted octanol–water partition coefficient (Wildman–Crippen LogP) is 4.71. The molecule has 0 aliphatic heterocycles. The summed E-state index contributed by atoms with van der Waals surface area (Å²) in [6.07, 6.45) is 0. The molecule has 2 aromatic carbocycles. The summed E-state index contributed by atoms with van der Waals surface area (Å²) < 4.78 is 20.4. The summed E-state index contributed by atoms with van der Waals surface area (Å²) >= 11 is 3.41. The molecule has 19 heavy (non-hydrogen) atoms. The number of para-hydroxylation sites is 1. The molecule has 100 valence electrons. The van der Waals surface area contributed by atoms with E-state index in [1.54, 1.807) is 25.1 Å². The predicted molar refractivity (Wildman–Crippen MR) is 78.0 cm³/mol. The van der Waals surface area contributed by atoms with E-state index in [1.807, 2.05) is 19.1 Å². The molecule has 0 amide bonds. The summed E-state index contributed by atoms with van der Waals surface area (Å²) in [7, 11) is 0. The van der Waals surface area contributed by atoms with Gasteiger partial charge in [0.05, 0.1) is 4.47 Å². The molecular formula is C15H15BrFNO. The molecule has 0 saturated heterocycles. The van der Waals surface area contributed by atoms with Crippen LogP contribution in [0.1, 0.15) is 24.1 Å². The monoisotopic (exact) mass is 323 g/mol. The van der Waals surface area contributed by atoms with Crippen LogP contribution in [0.4, 0.5) is 4.39 Å². The number of rotatable bonds is 3. The average molecular weight is 324 g/mol. The van der Waals surface area contributed by atoms with Crippen molar-refractivity contribution in [3.8, 4) is 11.5 Å². The first-order valence-electron chi connectivity index (χ1n) is 5.97. The van der Waals surface area contributed by atoms with Crippen molar-refractivity contribution in [2.45, 2.75) is 19.9 Å². The number of aryl methyl sites for hydroxylation is 1. The van der Waals surface area contributed by atoms with Crippen LogP contribution in [0.3, 0.4) is 0 Å². The molecule has 0 aliphatic rings. The maximum absolute atomic E-state index is 13.9. The molecule has 2 aromatic rings. The van der Waals surface area contributed by atoms with E-state index >= 15 is 0 Å². The number of hydrogen-bond acceptors (Lipinski definition) is 2. The third kappa shape index (κ3) is 3.14. The lowest BCUT2D eigenvalue weighted by molar-refractivity contribution is 0.430. The molecule has 2 nitrogen and oxygen atoms in total. The third-order valence-corrected chi connectivity index (χ3v) is 3.41. The Morgan fingerprint density at radius 1 is 1.26 bits per heavy atom. The Hall–Kier alpha value is -1.39. The molecule has 1 atom stereocenters. The highest BCUT2D eigenvalue weighted by molar-refractivity contribution is 9.10. The van der Waals surface area contributed by atoms with Crippen molar-refractivity contribution in [1.82, 2.24) is 0 Å². The van der Waals surface area contributed by atoms with E-state index < -0.39 is 5.82 Å². The quantitative estimate of drug-likeness (QED) is 0.887. The highest BCUT2D eigenvalue weighted by Gasteiger charge is 2.15. The summed E-state index contributed by atoms with van der Waals surface area (Å²) in [5.41, 5.74) is 7.58. The Morgan fingerprint density at radius 3 is 2.63 bits per heavy atom. The van der Waals surface area contributed by atoms with Gasteiger partial charge in [0.15, 0.2) is 11.6 Å². The summed E-state index contributed by atoms with van der Waals surface area (Å²) in [5, 5.41) is 0. The summed E-state index contributed by atoms with van der Waals surface area (Å²) in [4.78, 5) is 0. The molecular weight excluding hydrogens is 309 g/mol. The number of benzene rings is 2. The fourth-order valence-electron chi connectivity index (χ4n) is 1.79. The number of halogens is 2. The molecule has 0 aliphatic carbocycles. The molecule has 0 radical (unpaired) electrons. The Bertz CT molecular complexity index is 599. The van der Waals surface area contributed by atoms with Gasteiger partial charge in [-0.1, -0.05) is 18.2 Å². The van der Waals surface area contributed by atoms with E-state index in [0.29, 0.717) is 11.3 Å². The zero-order chi connectivity index (χ0) is 14.0. The number of ether oxygens (including phenoxy) is 1. The second-order valence-corrected chi connectivity index (χ2v) is 5.34.